The van der Waals surface area contributed by atoms with Crippen LogP contribution in [0, 0.1) is 0 Å². The van der Waals surface area contributed by atoms with Gasteiger partial charge in [0.05, 0.1) is 13.5 Å². The fraction of sp³-hybridized carbons (Fsp3) is 0.182. The molecule has 0 saturated carbocycles. The first-order valence-electron chi connectivity index (χ1n) is 4.45. The Hall–Kier alpha value is -1.97. The molecule has 1 rings (SSSR count). The second-order valence-electron chi connectivity index (χ2n) is 3.00. The normalized spacial score (nSPS) is 10.5. The predicted octanol–water partition coefficient (Wildman–Crippen LogP) is 1.55. The number of carbonyl (C=O) groups is 1. The first-order chi connectivity index (χ1) is 7.13. The van der Waals surface area contributed by atoms with E-state index in [2.05, 4.69) is 4.74 Å². The number of esters is 1. The van der Waals surface area contributed by atoms with Crippen molar-refractivity contribution in [2.45, 2.75) is 6.42 Å². The van der Waals surface area contributed by atoms with Crippen molar-refractivity contribution in [2.75, 3.05) is 12.8 Å². The smallest absolute Gasteiger partial charge is 0.309 e. The highest BCUT2D eigenvalue weighted by atomic mass is 16.5. The van der Waals surface area contributed by atoms with Gasteiger partial charge in [-0.05, 0) is 18.2 Å². The Morgan fingerprint density at radius 1 is 1.60 bits per heavy atom. The highest BCUT2D eigenvalue weighted by Gasteiger charge is 1.98. The average Bonchev–Trinajstić information content (AvgIpc) is 2.23. The molecule has 0 spiro atoms. The van der Waals surface area contributed by atoms with Crippen molar-refractivity contribution < 1.29 is 14.6 Å². The number of carbonyl (C=O) groups excluding carboxylic acids is 1. The molecule has 3 N–H and O–H groups in total. The molecule has 0 radical (unpaired) electrons. The average molecular weight is 207 g/mol. The number of methoxy groups -OCH3 is 1. The zero-order chi connectivity index (χ0) is 11.3. The number of phenols is 1. The number of hydrogen-bond acceptors (Lipinski definition) is 4. The molecule has 0 atom stereocenters. The summed E-state index contributed by atoms with van der Waals surface area (Å²) in [4.78, 5) is 10.8. The Balaban J connectivity index is 2.71. The van der Waals surface area contributed by atoms with Crippen molar-refractivity contribution >= 4 is 17.7 Å². The van der Waals surface area contributed by atoms with E-state index in [0.29, 0.717) is 11.3 Å². The van der Waals surface area contributed by atoms with Gasteiger partial charge in [-0.2, -0.15) is 0 Å². The lowest BCUT2D eigenvalue weighted by Crippen LogP contribution is -1.96. The quantitative estimate of drug-likeness (QED) is 0.448. The molecule has 0 heterocycles. The van der Waals surface area contributed by atoms with Crippen molar-refractivity contribution in [3.8, 4) is 5.75 Å². The molecule has 4 heteroatoms. The van der Waals surface area contributed by atoms with Crippen molar-refractivity contribution in [3.05, 3.63) is 29.8 Å². The van der Waals surface area contributed by atoms with Gasteiger partial charge in [0.2, 0.25) is 0 Å². The van der Waals surface area contributed by atoms with Gasteiger partial charge in [0.25, 0.3) is 0 Å². The monoisotopic (exact) mass is 207 g/mol. The maximum atomic E-state index is 10.8. The van der Waals surface area contributed by atoms with Crippen LogP contribution in [0.4, 0.5) is 5.69 Å². The Labute approximate surface area is 88.0 Å². The van der Waals surface area contributed by atoms with Gasteiger partial charge in [0.15, 0.2) is 0 Å². The van der Waals surface area contributed by atoms with E-state index in [1.807, 2.05) is 0 Å². The summed E-state index contributed by atoms with van der Waals surface area (Å²) in [6, 6.07) is 4.74. The Kier molecular flexibility index (Phi) is 3.74. The number of phenolic OH excluding ortho intramolecular Hbond substituents is 1. The van der Waals surface area contributed by atoms with Crippen LogP contribution < -0.4 is 5.73 Å². The van der Waals surface area contributed by atoms with Crippen molar-refractivity contribution in [3.63, 3.8) is 0 Å². The van der Waals surface area contributed by atoms with E-state index in [1.165, 1.54) is 13.2 Å². The summed E-state index contributed by atoms with van der Waals surface area (Å²) in [5.41, 5.74) is 6.69. The third-order valence-corrected chi connectivity index (χ3v) is 1.86. The molecule has 0 aliphatic rings. The Morgan fingerprint density at radius 2 is 2.33 bits per heavy atom. The zero-order valence-electron chi connectivity index (χ0n) is 8.43. The molecule has 4 nitrogen and oxygen atoms in total. The van der Waals surface area contributed by atoms with Crippen LogP contribution in [-0.4, -0.2) is 18.2 Å². The summed E-state index contributed by atoms with van der Waals surface area (Å²) in [6.45, 7) is 0. The number of ether oxygens (including phenoxy) is 1. The summed E-state index contributed by atoms with van der Waals surface area (Å²) >= 11 is 0. The minimum absolute atomic E-state index is 0.130. The molecule has 15 heavy (non-hydrogen) atoms. The van der Waals surface area contributed by atoms with Gasteiger partial charge >= 0.3 is 5.97 Å². The SMILES string of the molecule is COC(=O)CC=Cc1cc(N)ccc1O. The predicted molar refractivity (Wildman–Crippen MR) is 58.2 cm³/mol. The van der Waals surface area contributed by atoms with Crippen molar-refractivity contribution in [1.29, 1.82) is 0 Å². The molecule has 1 aromatic rings. The largest absolute Gasteiger partial charge is 0.507 e. The molecule has 0 bridgehead atoms. The zero-order valence-corrected chi connectivity index (χ0v) is 8.43. The van der Waals surface area contributed by atoms with Gasteiger partial charge < -0.3 is 15.6 Å². The van der Waals surface area contributed by atoms with E-state index in [1.54, 1.807) is 24.3 Å². The van der Waals surface area contributed by atoms with Crippen LogP contribution in [0.2, 0.25) is 0 Å². The fourth-order valence-electron chi connectivity index (χ4n) is 1.07. The third kappa shape index (κ3) is 3.34. The molecule has 0 aliphatic heterocycles. The van der Waals surface area contributed by atoms with Crippen molar-refractivity contribution in [1.82, 2.24) is 0 Å². The minimum atomic E-state index is -0.324. The second-order valence-corrected chi connectivity index (χ2v) is 3.00. The highest BCUT2D eigenvalue weighted by Crippen LogP contribution is 2.21. The van der Waals surface area contributed by atoms with Crippen LogP contribution in [0.5, 0.6) is 5.75 Å². The molecule has 0 aromatic heterocycles. The standard InChI is InChI=1S/C11H13NO3/c1-15-11(14)4-2-3-8-7-9(12)5-6-10(8)13/h2-3,5-7,13H,4,12H2,1H3. The van der Waals surface area contributed by atoms with Crippen LogP contribution in [0.25, 0.3) is 6.08 Å². The van der Waals surface area contributed by atoms with E-state index in [9.17, 15) is 9.90 Å². The van der Waals surface area contributed by atoms with E-state index in [0.717, 1.165) is 0 Å². The molecule has 1 aromatic carbocycles. The summed E-state index contributed by atoms with van der Waals surface area (Å²) in [7, 11) is 1.33. The van der Waals surface area contributed by atoms with Crippen LogP contribution in [0.1, 0.15) is 12.0 Å². The number of hydrogen-bond donors (Lipinski definition) is 2. The lowest BCUT2D eigenvalue weighted by atomic mass is 10.1. The Bertz CT molecular complexity index is 385. The summed E-state index contributed by atoms with van der Waals surface area (Å²) < 4.78 is 4.46. The third-order valence-electron chi connectivity index (χ3n) is 1.86. The van der Waals surface area contributed by atoms with E-state index >= 15 is 0 Å². The molecule has 0 amide bonds. The Morgan fingerprint density at radius 3 is 3.00 bits per heavy atom. The van der Waals surface area contributed by atoms with E-state index in [-0.39, 0.29) is 18.1 Å². The number of aromatic hydroxyl groups is 1. The van der Waals surface area contributed by atoms with Crippen LogP contribution in [0.15, 0.2) is 24.3 Å². The first kappa shape index (κ1) is 11.1. The fourth-order valence-corrected chi connectivity index (χ4v) is 1.07. The summed E-state index contributed by atoms with van der Waals surface area (Å²) in [6.07, 6.45) is 3.41. The number of nitrogens with two attached hydrogens (primary N) is 1. The van der Waals surface area contributed by atoms with Gasteiger partial charge in [-0.3, -0.25) is 4.79 Å². The summed E-state index contributed by atoms with van der Waals surface area (Å²) in [5.74, 6) is -0.194. The molecule has 80 valence electrons. The maximum Gasteiger partial charge on any atom is 0.309 e. The molecular formula is C11H13NO3. The molecular weight excluding hydrogens is 194 g/mol. The first-order valence-corrected chi connectivity index (χ1v) is 4.45. The number of benzene rings is 1. The van der Waals surface area contributed by atoms with E-state index in [4.69, 9.17) is 5.73 Å². The van der Waals surface area contributed by atoms with Gasteiger partial charge in [-0.25, -0.2) is 0 Å². The topological polar surface area (TPSA) is 72.5 Å². The molecule has 0 unspecified atom stereocenters. The number of rotatable bonds is 3. The summed E-state index contributed by atoms with van der Waals surface area (Å²) in [5, 5.41) is 9.43. The molecule has 0 fully saturated rings. The van der Waals surface area contributed by atoms with Gasteiger partial charge in [0.1, 0.15) is 5.75 Å². The van der Waals surface area contributed by atoms with Crippen LogP contribution in [0.3, 0.4) is 0 Å². The maximum absolute atomic E-state index is 10.8. The highest BCUT2D eigenvalue weighted by molar-refractivity contribution is 5.73. The number of nitrogen functional groups attached to an aromatic ring is 1. The minimum Gasteiger partial charge on any atom is -0.507 e. The second kappa shape index (κ2) is 5.05. The molecule has 0 aliphatic carbocycles. The van der Waals surface area contributed by atoms with Crippen molar-refractivity contribution in [2.24, 2.45) is 0 Å². The van der Waals surface area contributed by atoms with Gasteiger partial charge in [-0.1, -0.05) is 12.2 Å². The number of anilines is 1. The lowest BCUT2D eigenvalue weighted by Gasteiger charge is -2.00. The molecule has 0 saturated heterocycles. The van der Waals surface area contributed by atoms with Crippen LogP contribution >= 0.6 is 0 Å². The lowest BCUT2D eigenvalue weighted by molar-refractivity contribution is -0.139. The van der Waals surface area contributed by atoms with E-state index < -0.39 is 0 Å². The van der Waals surface area contributed by atoms with Gasteiger partial charge in [-0.15, -0.1) is 0 Å². The van der Waals surface area contributed by atoms with Crippen LogP contribution in [-0.2, 0) is 9.53 Å². The van der Waals surface area contributed by atoms with Gasteiger partial charge in [0, 0.05) is 11.3 Å².